The zero-order valence-corrected chi connectivity index (χ0v) is 12.1. The van der Waals surface area contributed by atoms with Crippen LogP contribution in [0.4, 0.5) is 0 Å². The third kappa shape index (κ3) is 5.98. The molecule has 1 aromatic carbocycles. The van der Waals surface area contributed by atoms with Crippen LogP contribution in [0.5, 0.6) is 0 Å². The number of rotatable bonds is 7. The molecule has 0 saturated heterocycles. The maximum atomic E-state index is 11.6. The molecule has 19 heavy (non-hydrogen) atoms. The number of aliphatic carboxylic acids is 1. The van der Waals surface area contributed by atoms with Gasteiger partial charge in [-0.05, 0) is 11.6 Å². The molecule has 0 aliphatic rings. The van der Waals surface area contributed by atoms with Crippen LogP contribution in [-0.2, 0) is 16.1 Å². The maximum Gasteiger partial charge on any atom is 0.307 e. The summed E-state index contributed by atoms with van der Waals surface area (Å²) in [6, 6.07) is 7.31. The van der Waals surface area contributed by atoms with Crippen LogP contribution < -0.4 is 5.32 Å². The summed E-state index contributed by atoms with van der Waals surface area (Å²) >= 11 is 7.28. The third-order valence-electron chi connectivity index (χ3n) is 2.46. The Morgan fingerprint density at radius 2 is 2.11 bits per heavy atom. The Morgan fingerprint density at radius 3 is 2.74 bits per heavy atom. The highest BCUT2D eigenvalue weighted by Crippen LogP contribution is 2.14. The van der Waals surface area contributed by atoms with Gasteiger partial charge in [0.15, 0.2) is 0 Å². The molecule has 1 amide bonds. The van der Waals surface area contributed by atoms with Crippen LogP contribution >= 0.6 is 23.4 Å². The minimum Gasteiger partial charge on any atom is -0.481 e. The van der Waals surface area contributed by atoms with Crippen molar-refractivity contribution in [2.75, 3.05) is 11.5 Å². The van der Waals surface area contributed by atoms with Gasteiger partial charge < -0.3 is 10.4 Å². The summed E-state index contributed by atoms with van der Waals surface area (Å²) in [5, 5.41) is 12.1. The van der Waals surface area contributed by atoms with E-state index in [2.05, 4.69) is 5.32 Å². The van der Waals surface area contributed by atoms with Gasteiger partial charge in [0.2, 0.25) is 5.91 Å². The Labute approximate surface area is 121 Å². The number of carboxylic acids is 1. The molecule has 0 aliphatic heterocycles. The van der Waals surface area contributed by atoms with Crippen molar-refractivity contribution in [3.05, 3.63) is 34.9 Å². The average Bonchev–Trinajstić information content (AvgIpc) is 2.37. The zero-order valence-electron chi connectivity index (χ0n) is 10.6. The van der Waals surface area contributed by atoms with Crippen LogP contribution in [0.15, 0.2) is 24.3 Å². The molecule has 1 atom stereocenters. The Bertz CT molecular complexity index is 453. The van der Waals surface area contributed by atoms with Gasteiger partial charge in [-0.3, -0.25) is 9.59 Å². The lowest BCUT2D eigenvalue weighted by atomic mass is 10.2. The molecule has 0 heterocycles. The Hall–Kier alpha value is -1.20. The largest absolute Gasteiger partial charge is 0.481 e. The standard InChI is InChI=1S/C13H16ClNO3S/c1-9(13(17)18)7-19-8-12(16)15-6-10-4-2-3-5-11(10)14/h2-5,9H,6-8H2,1H3,(H,15,16)(H,17,18). The van der Waals surface area contributed by atoms with E-state index in [1.54, 1.807) is 13.0 Å². The molecule has 1 aromatic rings. The minimum absolute atomic E-state index is 0.123. The predicted molar refractivity (Wildman–Crippen MR) is 77.4 cm³/mol. The number of hydrogen-bond donors (Lipinski definition) is 2. The highest BCUT2D eigenvalue weighted by molar-refractivity contribution is 7.99. The van der Waals surface area contributed by atoms with Crippen molar-refractivity contribution in [1.29, 1.82) is 0 Å². The van der Waals surface area contributed by atoms with Gasteiger partial charge in [-0.1, -0.05) is 36.7 Å². The van der Waals surface area contributed by atoms with E-state index in [-0.39, 0.29) is 11.7 Å². The predicted octanol–water partition coefficient (Wildman–Crippen LogP) is 2.41. The first-order valence-corrected chi connectivity index (χ1v) is 7.34. The molecule has 104 valence electrons. The van der Waals surface area contributed by atoms with Crippen molar-refractivity contribution in [1.82, 2.24) is 5.32 Å². The highest BCUT2D eigenvalue weighted by atomic mass is 35.5. The molecule has 0 saturated carbocycles. The molecular weight excluding hydrogens is 286 g/mol. The Morgan fingerprint density at radius 1 is 1.42 bits per heavy atom. The van der Waals surface area contributed by atoms with E-state index in [1.165, 1.54) is 11.8 Å². The van der Waals surface area contributed by atoms with E-state index >= 15 is 0 Å². The van der Waals surface area contributed by atoms with Crippen molar-refractivity contribution in [2.24, 2.45) is 5.92 Å². The van der Waals surface area contributed by atoms with Crippen LogP contribution in [0.3, 0.4) is 0 Å². The first-order valence-electron chi connectivity index (χ1n) is 5.81. The summed E-state index contributed by atoms with van der Waals surface area (Å²) in [6.07, 6.45) is 0. The molecule has 4 nitrogen and oxygen atoms in total. The maximum absolute atomic E-state index is 11.6. The smallest absolute Gasteiger partial charge is 0.307 e. The Balaban J connectivity index is 2.25. The summed E-state index contributed by atoms with van der Waals surface area (Å²) in [5.41, 5.74) is 0.862. The quantitative estimate of drug-likeness (QED) is 0.811. The molecule has 1 unspecified atom stereocenters. The summed E-state index contributed by atoms with van der Waals surface area (Å²) < 4.78 is 0. The number of carboxylic acid groups (broad SMARTS) is 1. The summed E-state index contributed by atoms with van der Waals surface area (Å²) in [7, 11) is 0. The molecule has 0 bridgehead atoms. The fourth-order valence-electron chi connectivity index (χ4n) is 1.29. The number of benzene rings is 1. The Kier molecular flexibility index (Phi) is 6.73. The number of nitrogens with one attached hydrogen (secondary N) is 1. The van der Waals surface area contributed by atoms with Crippen molar-refractivity contribution in [3.8, 4) is 0 Å². The normalized spacial score (nSPS) is 11.9. The topological polar surface area (TPSA) is 66.4 Å². The van der Waals surface area contributed by atoms with Gasteiger partial charge in [-0.2, -0.15) is 11.8 Å². The van der Waals surface area contributed by atoms with Gasteiger partial charge in [0.25, 0.3) is 0 Å². The van der Waals surface area contributed by atoms with E-state index < -0.39 is 11.9 Å². The van der Waals surface area contributed by atoms with E-state index in [4.69, 9.17) is 16.7 Å². The van der Waals surface area contributed by atoms with Crippen molar-refractivity contribution in [3.63, 3.8) is 0 Å². The van der Waals surface area contributed by atoms with Gasteiger partial charge >= 0.3 is 5.97 Å². The number of amides is 1. The van der Waals surface area contributed by atoms with Crippen LogP contribution in [0.2, 0.25) is 5.02 Å². The second-order valence-corrected chi connectivity index (χ2v) is 5.56. The van der Waals surface area contributed by atoms with Gasteiger partial charge in [-0.15, -0.1) is 0 Å². The van der Waals surface area contributed by atoms with E-state index in [9.17, 15) is 9.59 Å². The SMILES string of the molecule is CC(CSCC(=O)NCc1ccccc1Cl)C(=O)O. The van der Waals surface area contributed by atoms with Crippen LogP contribution in [0.1, 0.15) is 12.5 Å². The second-order valence-electron chi connectivity index (χ2n) is 4.12. The van der Waals surface area contributed by atoms with Crippen LogP contribution in [0.25, 0.3) is 0 Å². The monoisotopic (exact) mass is 301 g/mol. The van der Waals surface area contributed by atoms with Gasteiger partial charge in [0.05, 0.1) is 11.7 Å². The van der Waals surface area contributed by atoms with Gasteiger partial charge in [0.1, 0.15) is 0 Å². The number of halogens is 1. The zero-order chi connectivity index (χ0) is 14.3. The van der Waals surface area contributed by atoms with E-state index in [1.807, 2.05) is 18.2 Å². The molecule has 6 heteroatoms. The fourth-order valence-corrected chi connectivity index (χ4v) is 2.39. The van der Waals surface area contributed by atoms with E-state index in [0.717, 1.165) is 5.56 Å². The highest BCUT2D eigenvalue weighted by Gasteiger charge is 2.11. The molecular formula is C13H16ClNO3S. The molecule has 0 fully saturated rings. The lowest BCUT2D eigenvalue weighted by molar-refractivity contribution is -0.140. The number of hydrogen-bond acceptors (Lipinski definition) is 3. The second kappa shape index (κ2) is 8.07. The number of carbonyl (C=O) groups is 2. The van der Waals surface area contributed by atoms with Crippen molar-refractivity contribution < 1.29 is 14.7 Å². The van der Waals surface area contributed by atoms with Crippen molar-refractivity contribution in [2.45, 2.75) is 13.5 Å². The van der Waals surface area contributed by atoms with Gasteiger partial charge in [-0.25, -0.2) is 0 Å². The molecule has 2 N–H and O–H groups in total. The summed E-state index contributed by atoms with van der Waals surface area (Å²) in [5.74, 6) is -0.732. The number of carbonyl (C=O) groups excluding carboxylic acids is 1. The van der Waals surface area contributed by atoms with E-state index in [0.29, 0.717) is 17.3 Å². The first-order chi connectivity index (χ1) is 9.00. The molecule has 0 aromatic heterocycles. The summed E-state index contributed by atoms with van der Waals surface area (Å²) in [4.78, 5) is 22.2. The van der Waals surface area contributed by atoms with Crippen LogP contribution in [-0.4, -0.2) is 28.5 Å². The summed E-state index contributed by atoms with van der Waals surface area (Å²) in [6.45, 7) is 2.00. The van der Waals surface area contributed by atoms with Crippen LogP contribution in [0, 0.1) is 5.92 Å². The first kappa shape index (κ1) is 15.9. The van der Waals surface area contributed by atoms with Crippen molar-refractivity contribution >= 4 is 35.2 Å². The molecule has 0 aliphatic carbocycles. The number of thioether (sulfide) groups is 1. The van der Waals surface area contributed by atoms with Gasteiger partial charge in [0, 0.05) is 17.3 Å². The third-order valence-corrected chi connectivity index (χ3v) is 4.03. The molecule has 1 rings (SSSR count). The minimum atomic E-state index is -0.844. The lowest BCUT2D eigenvalue weighted by Crippen LogP contribution is -2.25. The lowest BCUT2D eigenvalue weighted by Gasteiger charge is -2.08. The average molecular weight is 302 g/mol. The fraction of sp³-hybridized carbons (Fsp3) is 0.385. The molecule has 0 spiro atoms. The molecule has 0 radical (unpaired) electrons.